The SMILES string of the molecule is Cc1cccc(C(=O)NCCCc2cccc(OC(C)C)c2)c1. The van der Waals surface area contributed by atoms with Gasteiger partial charge in [0.15, 0.2) is 0 Å². The monoisotopic (exact) mass is 311 g/mol. The molecule has 1 N–H and O–H groups in total. The van der Waals surface area contributed by atoms with Crippen LogP contribution in [0.5, 0.6) is 5.75 Å². The average molecular weight is 311 g/mol. The molecule has 0 saturated carbocycles. The van der Waals surface area contributed by atoms with Gasteiger partial charge < -0.3 is 10.1 Å². The summed E-state index contributed by atoms with van der Waals surface area (Å²) < 4.78 is 5.70. The van der Waals surface area contributed by atoms with Gasteiger partial charge in [0.25, 0.3) is 5.91 Å². The van der Waals surface area contributed by atoms with Crippen LogP contribution in [-0.4, -0.2) is 18.6 Å². The third-order valence-corrected chi connectivity index (χ3v) is 3.48. The van der Waals surface area contributed by atoms with Crippen molar-refractivity contribution in [3.63, 3.8) is 0 Å². The fourth-order valence-corrected chi connectivity index (χ4v) is 2.43. The lowest BCUT2D eigenvalue weighted by molar-refractivity contribution is 0.0953. The predicted molar refractivity (Wildman–Crippen MR) is 94.0 cm³/mol. The van der Waals surface area contributed by atoms with Gasteiger partial charge in [0, 0.05) is 12.1 Å². The second-order valence-electron chi connectivity index (χ2n) is 6.04. The van der Waals surface area contributed by atoms with E-state index in [1.165, 1.54) is 5.56 Å². The van der Waals surface area contributed by atoms with Gasteiger partial charge in [-0.15, -0.1) is 0 Å². The summed E-state index contributed by atoms with van der Waals surface area (Å²) in [7, 11) is 0. The van der Waals surface area contributed by atoms with Crippen molar-refractivity contribution in [2.24, 2.45) is 0 Å². The lowest BCUT2D eigenvalue weighted by Gasteiger charge is -2.11. The lowest BCUT2D eigenvalue weighted by Crippen LogP contribution is -2.24. The van der Waals surface area contributed by atoms with E-state index in [1.807, 2.05) is 57.2 Å². The Labute approximate surface area is 138 Å². The van der Waals surface area contributed by atoms with Gasteiger partial charge >= 0.3 is 0 Å². The second kappa shape index (κ2) is 8.37. The minimum Gasteiger partial charge on any atom is -0.491 e. The number of hydrogen-bond acceptors (Lipinski definition) is 2. The zero-order valence-corrected chi connectivity index (χ0v) is 14.1. The number of amides is 1. The number of hydrogen-bond donors (Lipinski definition) is 1. The molecule has 0 spiro atoms. The van der Waals surface area contributed by atoms with Crippen molar-refractivity contribution < 1.29 is 9.53 Å². The van der Waals surface area contributed by atoms with Crippen LogP contribution in [0.1, 0.15) is 41.8 Å². The number of nitrogens with one attached hydrogen (secondary N) is 1. The largest absolute Gasteiger partial charge is 0.491 e. The van der Waals surface area contributed by atoms with Crippen LogP contribution in [0.3, 0.4) is 0 Å². The fraction of sp³-hybridized carbons (Fsp3) is 0.350. The summed E-state index contributed by atoms with van der Waals surface area (Å²) in [6, 6.07) is 15.8. The molecular weight excluding hydrogens is 286 g/mol. The summed E-state index contributed by atoms with van der Waals surface area (Å²) >= 11 is 0. The molecule has 3 nitrogen and oxygen atoms in total. The third-order valence-electron chi connectivity index (χ3n) is 3.48. The summed E-state index contributed by atoms with van der Waals surface area (Å²) in [5.74, 6) is 0.895. The molecule has 2 aromatic carbocycles. The van der Waals surface area contributed by atoms with E-state index >= 15 is 0 Å². The van der Waals surface area contributed by atoms with E-state index in [0.29, 0.717) is 6.54 Å². The van der Waals surface area contributed by atoms with Crippen molar-refractivity contribution >= 4 is 5.91 Å². The van der Waals surface area contributed by atoms with E-state index in [0.717, 1.165) is 29.7 Å². The van der Waals surface area contributed by atoms with Crippen molar-refractivity contribution in [2.45, 2.75) is 39.7 Å². The molecule has 2 aromatic rings. The van der Waals surface area contributed by atoms with E-state index in [4.69, 9.17) is 4.74 Å². The fourth-order valence-electron chi connectivity index (χ4n) is 2.43. The first kappa shape index (κ1) is 17.1. The van der Waals surface area contributed by atoms with Gasteiger partial charge in [-0.2, -0.15) is 0 Å². The van der Waals surface area contributed by atoms with Crippen LogP contribution in [-0.2, 0) is 6.42 Å². The van der Waals surface area contributed by atoms with E-state index in [9.17, 15) is 4.79 Å². The van der Waals surface area contributed by atoms with Gasteiger partial charge in [-0.25, -0.2) is 0 Å². The van der Waals surface area contributed by atoms with Gasteiger partial charge in [0.2, 0.25) is 0 Å². The van der Waals surface area contributed by atoms with Crippen molar-refractivity contribution in [1.82, 2.24) is 5.32 Å². The van der Waals surface area contributed by atoms with Gasteiger partial charge in [0.1, 0.15) is 5.75 Å². The molecule has 0 atom stereocenters. The average Bonchev–Trinajstić information content (AvgIpc) is 2.51. The Morgan fingerprint density at radius 2 is 1.91 bits per heavy atom. The molecule has 1 amide bonds. The molecule has 0 aliphatic rings. The number of rotatable bonds is 7. The molecule has 0 bridgehead atoms. The van der Waals surface area contributed by atoms with Crippen molar-refractivity contribution in [1.29, 1.82) is 0 Å². The Morgan fingerprint density at radius 1 is 1.13 bits per heavy atom. The van der Waals surface area contributed by atoms with Crippen LogP contribution in [0.15, 0.2) is 48.5 Å². The van der Waals surface area contributed by atoms with Crippen LogP contribution in [0.25, 0.3) is 0 Å². The Bertz CT molecular complexity index is 650. The quantitative estimate of drug-likeness (QED) is 0.780. The summed E-state index contributed by atoms with van der Waals surface area (Å²) in [5.41, 5.74) is 3.05. The highest BCUT2D eigenvalue weighted by Crippen LogP contribution is 2.16. The molecule has 0 fully saturated rings. The Kier molecular flexibility index (Phi) is 6.21. The topological polar surface area (TPSA) is 38.3 Å². The van der Waals surface area contributed by atoms with Gasteiger partial charge in [-0.1, -0.05) is 29.8 Å². The Hall–Kier alpha value is -2.29. The Morgan fingerprint density at radius 3 is 2.65 bits per heavy atom. The van der Waals surface area contributed by atoms with E-state index < -0.39 is 0 Å². The minimum absolute atomic E-state index is 0.00871. The number of carbonyl (C=O) groups excluding carboxylic acids is 1. The molecule has 0 aliphatic heterocycles. The van der Waals surface area contributed by atoms with Crippen LogP contribution in [0, 0.1) is 6.92 Å². The Balaban J connectivity index is 1.78. The number of benzene rings is 2. The molecule has 23 heavy (non-hydrogen) atoms. The highest BCUT2D eigenvalue weighted by molar-refractivity contribution is 5.94. The molecule has 122 valence electrons. The minimum atomic E-state index is -0.00871. The first-order valence-corrected chi connectivity index (χ1v) is 8.15. The van der Waals surface area contributed by atoms with E-state index in [2.05, 4.69) is 17.4 Å². The van der Waals surface area contributed by atoms with Crippen LogP contribution in [0.4, 0.5) is 0 Å². The van der Waals surface area contributed by atoms with Crippen LogP contribution in [0.2, 0.25) is 0 Å². The zero-order chi connectivity index (χ0) is 16.7. The van der Waals surface area contributed by atoms with Crippen LogP contribution >= 0.6 is 0 Å². The maximum Gasteiger partial charge on any atom is 0.251 e. The second-order valence-corrected chi connectivity index (χ2v) is 6.04. The molecule has 0 heterocycles. The van der Waals surface area contributed by atoms with Gasteiger partial charge in [-0.05, 0) is 63.4 Å². The van der Waals surface area contributed by atoms with Crippen molar-refractivity contribution in [2.75, 3.05) is 6.54 Å². The number of aryl methyl sites for hydroxylation is 2. The molecule has 0 aliphatic carbocycles. The maximum atomic E-state index is 12.1. The van der Waals surface area contributed by atoms with E-state index in [-0.39, 0.29) is 12.0 Å². The molecule has 2 rings (SSSR count). The maximum absolute atomic E-state index is 12.1. The molecule has 0 aromatic heterocycles. The third kappa shape index (κ3) is 5.78. The molecule has 3 heteroatoms. The lowest BCUT2D eigenvalue weighted by atomic mass is 10.1. The van der Waals surface area contributed by atoms with Crippen LogP contribution < -0.4 is 10.1 Å². The zero-order valence-electron chi connectivity index (χ0n) is 14.1. The predicted octanol–water partition coefficient (Wildman–Crippen LogP) is 4.14. The number of ether oxygens (including phenoxy) is 1. The summed E-state index contributed by atoms with van der Waals surface area (Å²) in [4.78, 5) is 12.1. The highest BCUT2D eigenvalue weighted by atomic mass is 16.5. The summed E-state index contributed by atoms with van der Waals surface area (Å²) in [6.07, 6.45) is 2.00. The normalized spacial score (nSPS) is 10.6. The van der Waals surface area contributed by atoms with Crippen molar-refractivity contribution in [3.8, 4) is 5.75 Å². The molecule has 0 unspecified atom stereocenters. The highest BCUT2D eigenvalue weighted by Gasteiger charge is 2.05. The molecule has 0 saturated heterocycles. The standard InChI is InChI=1S/C20H25NO2/c1-15(2)23-19-11-5-8-17(14-19)9-6-12-21-20(22)18-10-4-7-16(3)13-18/h4-5,7-8,10-11,13-15H,6,9,12H2,1-3H3,(H,21,22). The summed E-state index contributed by atoms with van der Waals surface area (Å²) in [6.45, 7) is 6.70. The summed E-state index contributed by atoms with van der Waals surface area (Å²) in [5, 5.41) is 2.97. The molecule has 0 radical (unpaired) electrons. The number of carbonyl (C=O) groups is 1. The van der Waals surface area contributed by atoms with Crippen molar-refractivity contribution in [3.05, 3.63) is 65.2 Å². The first-order chi connectivity index (χ1) is 11.0. The first-order valence-electron chi connectivity index (χ1n) is 8.15. The van der Waals surface area contributed by atoms with E-state index in [1.54, 1.807) is 0 Å². The van der Waals surface area contributed by atoms with Gasteiger partial charge in [-0.3, -0.25) is 4.79 Å². The smallest absolute Gasteiger partial charge is 0.251 e. The molecular formula is C20H25NO2. The van der Waals surface area contributed by atoms with Gasteiger partial charge in [0.05, 0.1) is 6.10 Å².